The average molecular weight is 315 g/mol. The Morgan fingerprint density at radius 1 is 1.05 bits per heavy atom. The molecule has 22 heavy (non-hydrogen) atoms. The molecule has 4 nitrogen and oxygen atoms in total. The zero-order valence-corrected chi connectivity index (χ0v) is 13.3. The molecule has 2 aromatic rings. The lowest BCUT2D eigenvalue weighted by Crippen LogP contribution is -2.05. The van der Waals surface area contributed by atoms with Crippen LogP contribution in [0.5, 0.6) is 5.75 Å². The molecular weight excluding hydrogens is 298 g/mol. The fraction of sp³-hybridized carbons (Fsp3) is 0.176. The van der Waals surface area contributed by atoms with Gasteiger partial charge in [-0.1, -0.05) is 41.6 Å². The topological polar surface area (TPSA) is 55.4 Å². The molecule has 5 heteroatoms. The number of benzene rings is 2. The van der Waals surface area contributed by atoms with Crippen molar-refractivity contribution in [2.24, 2.45) is 0 Å². The van der Waals surface area contributed by atoms with Crippen LogP contribution in [0.1, 0.15) is 18.1 Å². The fourth-order valence-electron chi connectivity index (χ4n) is 1.76. The van der Waals surface area contributed by atoms with Gasteiger partial charge in [0, 0.05) is 18.4 Å². The molecule has 2 rings (SSSR count). The van der Waals surface area contributed by atoms with E-state index in [4.69, 9.17) is 4.74 Å². The van der Waals surface area contributed by atoms with Gasteiger partial charge in [0.25, 0.3) is 5.24 Å². The van der Waals surface area contributed by atoms with Crippen molar-refractivity contribution in [3.05, 3.63) is 59.7 Å². The van der Waals surface area contributed by atoms with E-state index < -0.39 is 0 Å². The lowest BCUT2D eigenvalue weighted by atomic mass is 10.2. The minimum atomic E-state index is -0.348. The molecule has 0 fully saturated rings. The molecule has 0 atom stereocenters. The van der Waals surface area contributed by atoms with E-state index in [0.29, 0.717) is 11.5 Å². The minimum absolute atomic E-state index is 0.104. The van der Waals surface area contributed by atoms with Crippen molar-refractivity contribution in [3.8, 4) is 5.75 Å². The summed E-state index contributed by atoms with van der Waals surface area (Å²) in [5, 5.41) is 2.73. The molecular formula is C17H17NO3S. The number of anilines is 1. The summed E-state index contributed by atoms with van der Waals surface area (Å²) in [6.07, 6.45) is 0. The predicted molar refractivity (Wildman–Crippen MR) is 89.2 cm³/mol. The van der Waals surface area contributed by atoms with Crippen molar-refractivity contribution in [2.45, 2.75) is 19.6 Å². The molecule has 0 spiro atoms. The van der Waals surface area contributed by atoms with Gasteiger partial charge in [0.1, 0.15) is 5.75 Å². The van der Waals surface area contributed by atoms with Gasteiger partial charge in [-0.2, -0.15) is 0 Å². The highest BCUT2D eigenvalue weighted by molar-refractivity contribution is 8.13. The van der Waals surface area contributed by atoms with E-state index in [2.05, 4.69) is 5.32 Å². The molecule has 0 saturated heterocycles. The highest BCUT2D eigenvalue weighted by Crippen LogP contribution is 2.19. The zero-order valence-electron chi connectivity index (χ0n) is 12.5. The third-order valence-electron chi connectivity index (χ3n) is 2.85. The second-order valence-corrected chi connectivity index (χ2v) is 5.75. The van der Waals surface area contributed by atoms with Crippen LogP contribution in [0.4, 0.5) is 10.5 Å². The quantitative estimate of drug-likeness (QED) is 0.672. The Bertz CT molecular complexity index is 651. The number of carbonyl (C=O) groups is 2. The summed E-state index contributed by atoms with van der Waals surface area (Å²) in [5.41, 5.74) is 2.92. The number of amides is 1. The molecule has 0 bridgehead atoms. The van der Waals surface area contributed by atoms with Crippen LogP contribution in [0, 0.1) is 6.92 Å². The van der Waals surface area contributed by atoms with Gasteiger partial charge in [-0.25, -0.2) is 0 Å². The Morgan fingerprint density at radius 3 is 2.27 bits per heavy atom. The van der Waals surface area contributed by atoms with Crippen LogP contribution in [-0.4, -0.2) is 11.2 Å². The van der Waals surface area contributed by atoms with Crippen LogP contribution in [0.2, 0.25) is 0 Å². The summed E-state index contributed by atoms with van der Waals surface area (Å²) in [6, 6.07) is 14.8. The van der Waals surface area contributed by atoms with E-state index in [9.17, 15) is 9.59 Å². The average Bonchev–Trinajstić information content (AvgIpc) is 2.48. The Kier molecular flexibility index (Phi) is 5.61. The van der Waals surface area contributed by atoms with Gasteiger partial charge >= 0.3 is 5.97 Å². The van der Waals surface area contributed by atoms with E-state index in [1.54, 1.807) is 12.1 Å². The van der Waals surface area contributed by atoms with Crippen LogP contribution in [0.15, 0.2) is 48.5 Å². The van der Waals surface area contributed by atoms with Crippen molar-refractivity contribution < 1.29 is 14.3 Å². The summed E-state index contributed by atoms with van der Waals surface area (Å²) in [5.74, 6) is 0.711. The van der Waals surface area contributed by atoms with Crippen molar-refractivity contribution in [1.82, 2.24) is 0 Å². The number of esters is 1. The molecule has 1 amide bonds. The summed E-state index contributed by atoms with van der Waals surface area (Å²) in [7, 11) is 0. The van der Waals surface area contributed by atoms with E-state index in [0.717, 1.165) is 16.8 Å². The molecule has 0 heterocycles. The summed E-state index contributed by atoms with van der Waals surface area (Å²) >= 11 is 1.19. The molecule has 0 aliphatic carbocycles. The van der Waals surface area contributed by atoms with Gasteiger partial charge in [0.05, 0.1) is 0 Å². The third kappa shape index (κ3) is 5.26. The maximum Gasteiger partial charge on any atom is 0.308 e. The zero-order chi connectivity index (χ0) is 15.9. The first kappa shape index (κ1) is 16.1. The second-order valence-electron chi connectivity index (χ2n) is 4.80. The van der Waals surface area contributed by atoms with E-state index in [1.165, 1.54) is 18.7 Å². The number of nitrogens with one attached hydrogen (secondary N) is 1. The molecule has 114 valence electrons. The van der Waals surface area contributed by atoms with Gasteiger partial charge < -0.3 is 10.1 Å². The first-order valence-corrected chi connectivity index (χ1v) is 7.79. The predicted octanol–water partition coefficient (Wildman–Crippen LogP) is 4.39. The number of thioether (sulfide) groups is 1. The number of hydrogen-bond donors (Lipinski definition) is 1. The first-order chi connectivity index (χ1) is 10.5. The minimum Gasteiger partial charge on any atom is -0.427 e. The second kappa shape index (κ2) is 7.66. The van der Waals surface area contributed by atoms with Crippen molar-refractivity contribution in [2.75, 3.05) is 5.32 Å². The van der Waals surface area contributed by atoms with Gasteiger partial charge in [0.15, 0.2) is 0 Å². The molecule has 0 unspecified atom stereocenters. The van der Waals surface area contributed by atoms with Gasteiger partial charge in [-0.15, -0.1) is 0 Å². The Hall–Kier alpha value is -2.27. The monoisotopic (exact) mass is 315 g/mol. The van der Waals surface area contributed by atoms with E-state index in [1.807, 2.05) is 43.3 Å². The van der Waals surface area contributed by atoms with Crippen LogP contribution < -0.4 is 10.1 Å². The largest absolute Gasteiger partial charge is 0.427 e. The van der Waals surface area contributed by atoms with E-state index in [-0.39, 0.29) is 11.2 Å². The number of aryl methyl sites for hydroxylation is 1. The van der Waals surface area contributed by atoms with Crippen LogP contribution in [0.3, 0.4) is 0 Å². The van der Waals surface area contributed by atoms with Crippen molar-refractivity contribution in [3.63, 3.8) is 0 Å². The normalized spacial score (nSPS) is 10.1. The Balaban J connectivity index is 1.83. The van der Waals surface area contributed by atoms with E-state index >= 15 is 0 Å². The fourth-order valence-corrected chi connectivity index (χ4v) is 2.44. The highest BCUT2D eigenvalue weighted by Gasteiger charge is 2.05. The molecule has 0 aliphatic heterocycles. The first-order valence-electron chi connectivity index (χ1n) is 6.81. The van der Waals surface area contributed by atoms with Crippen LogP contribution in [0.25, 0.3) is 0 Å². The summed E-state index contributed by atoms with van der Waals surface area (Å²) in [6.45, 7) is 3.36. The molecule has 0 radical (unpaired) electrons. The smallest absolute Gasteiger partial charge is 0.308 e. The molecule has 2 aromatic carbocycles. The maximum absolute atomic E-state index is 11.9. The Labute approximate surface area is 133 Å². The highest BCUT2D eigenvalue weighted by atomic mass is 32.2. The van der Waals surface area contributed by atoms with Gasteiger partial charge in [-0.3, -0.25) is 9.59 Å². The lowest BCUT2D eigenvalue weighted by molar-refractivity contribution is -0.131. The van der Waals surface area contributed by atoms with Crippen molar-refractivity contribution in [1.29, 1.82) is 0 Å². The van der Waals surface area contributed by atoms with Gasteiger partial charge in [0.2, 0.25) is 0 Å². The van der Waals surface area contributed by atoms with Crippen LogP contribution in [-0.2, 0) is 10.5 Å². The lowest BCUT2D eigenvalue weighted by Gasteiger charge is -2.06. The summed E-state index contributed by atoms with van der Waals surface area (Å²) in [4.78, 5) is 22.7. The molecule has 0 aliphatic rings. The SMILES string of the molecule is CC(=O)Oc1ccc(CSC(=O)Nc2ccc(C)cc2)cc1. The molecule has 1 N–H and O–H groups in total. The number of hydrogen-bond acceptors (Lipinski definition) is 4. The Morgan fingerprint density at radius 2 is 1.68 bits per heavy atom. The molecule has 0 saturated carbocycles. The van der Waals surface area contributed by atoms with Gasteiger partial charge in [-0.05, 0) is 36.8 Å². The number of ether oxygens (including phenoxy) is 1. The standard InChI is InChI=1S/C17H17NO3S/c1-12-3-7-15(8-4-12)18-17(20)22-11-14-5-9-16(10-6-14)21-13(2)19/h3-10H,11H2,1-2H3,(H,18,20). The van der Waals surface area contributed by atoms with Crippen molar-refractivity contribution >= 4 is 28.7 Å². The summed E-state index contributed by atoms with van der Waals surface area (Å²) < 4.78 is 4.96. The number of rotatable bonds is 4. The molecule has 0 aromatic heterocycles. The number of carbonyl (C=O) groups excluding carboxylic acids is 2. The maximum atomic E-state index is 11.9. The van der Waals surface area contributed by atoms with Crippen LogP contribution >= 0.6 is 11.8 Å². The third-order valence-corrected chi connectivity index (χ3v) is 3.69.